The van der Waals surface area contributed by atoms with E-state index < -0.39 is 31.0 Å². The van der Waals surface area contributed by atoms with Crippen LogP contribution in [-0.2, 0) is 9.47 Å². The quantitative estimate of drug-likeness (QED) is 0.393. The maximum atomic E-state index is 10.4. The van der Waals surface area contributed by atoms with E-state index in [1.807, 2.05) is 0 Å². The standard InChI is InChI=1S/C15H15Cl3N2O5/c1-24-15(19)9-7-5(20-14(9)18)2-4(16)10(17)8(7)13-12(23)11(22)6(3-21)25-13/h2,6,11-13,19-23H,3H2,1H3/t6-,11-,12-,13+/m1/s1. The number of aliphatic hydroxyl groups is 3. The third-order valence-electron chi connectivity index (χ3n) is 4.23. The average Bonchev–Trinajstić information content (AvgIpc) is 3.05. The molecule has 2 heterocycles. The van der Waals surface area contributed by atoms with Gasteiger partial charge < -0.3 is 29.8 Å². The van der Waals surface area contributed by atoms with E-state index in [2.05, 4.69) is 4.98 Å². The van der Waals surface area contributed by atoms with Gasteiger partial charge in [0.05, 0.1) is 29.3 Å². The van der Waals surface area contributed by atoms with Crippen LogP contribution in [0.5, 0.6) is 0 Å². The molecule has 0 bridgehead atoms. The van der Waals surface area contributed by atoms with E-state index in [4.69, 9.17) is 49.7 Å². The van der Waals surface area contributed by atoms with E-state index >= 15 is 0 Å². The van der Waals surface area contributed by atoms with Gasteiger partial charge in [0.1, 0.15) is 29.6 Å². The molecule has 136 valence electrons. The van der Waals surface area contributed by atoms with Crippen molar-refractivity contribution in [2.45, 2.75) is 24.4 Å². The van der Waals surface area contributed by atoms with Crippen molar-refractivity contribution in [1.82, 2.24) is 4.98 Å². The molecule has 2 aromatic rings. The van der Waals surface area contributed by atoms with Crippen LogP contribution < -0.4 is 0 Å². The smallest absolute Gasteiger partial charge is 0.216 e. The van der Waals surface area contributed by atoms with Gasteiger partial charge in [-0.1, -0.05) is 34.8 Å². The Morgan fingerprint density at radius 3 is 2.56 bits per heavy atom. The Kier molecular flexibility index (Phi) is 5.18. The molecule has 1 aromatic heterocycles. The van der Waals surface area contributed by atoms with Crippen molar-refractivity contribution in [2.75, 3.05) is 13.7 Å². The largest absolute Gasteiger partial charge is 0.481 e. The number of H-pyrrole nitrogens is 1. The first-order valence-electron chi connectivity index (χ1n) is 7.26. The molecule has 1 aliphatic heterocycles. The molecule has 1 saturated heterocycles. The average molecular weight is 410 g/mol. The summed E-state index contributed by atoms with van der Waals surface area (Å²) in [6.45, 7) is -0.481. The minimum Gasteiger partial charge on any atom is -0.481 e. The molecule has 1 aliphatic rings. The Bertz CT molecular complexity index is 840. The van der Waals surface area contributed by atoms with E-state index in [0.29, 0.717) is 10.9 Å². The number of aromatic amines is 1. The number of benzene rings is 1. The summed E-state index contributed by atoms with van der Waals surface area (Å²) in [4.78, 5) is 2.88. The predicted octanol–water partition coefficient (Wildman–Crippen LogP) is 2.25. The van der Waals surface area contributed by atoms with Crippen LogP contribution in [0.1, 0.15) is 17.2 Å². The first-order chi connectivity index (χ1) is 11.8. The summed E-state index contributed by atoms with van der Waals surface area (Å²) in [6.07, 6.45) is -4.71. The van der Waals surface area contributed by atoms with Crippen LogP contribution in [0.2, 0.25) is 15.2 Å². The molecule has 4 atom stereocenters. The Balaban J connectivity index is 2.30. The van der Waals surface area contributed by atoms with Crippen molar-refractivity contribution in [2.24, 2.45) is 0 Å². The first-order valence-corrected chi connectivity index (χ1v) is 8.39. The number of aromatic nitrogens is 1. The number of nitrogens with one attached hydrogen (secondary N) is 2. The normalized spacial score (nSPS) is 26.4. The lowest BCUT2D eigenvalue weighted by Crippen LogP contribution is -2.32. The van der Waals surface area contributed by atoms with Crippen molar-refractivity contribution >= 4 is 51.6 Å². The van der Waals surface area contributed by atoms with Crippen LogP contribution in [0, 0.1) is 5.41 Å². The van der Waals surface area contributed by atoms with Gasteiger partial charge in [0, 0.05) is 16.5 Å². The van der Waals surface area contributed by atoms with Crippen LogP contribution in [0.15, 0.2) is 6.07 Å². The zero-order valence-electron chi connectivity index (χ0n) is 12.9. The van der Waals surface area contributed by atoms with E-state index in [1.54, 1.807) is 0 Å². The van der Waals surface area contributed by atoms with Crippen LogP contribution in [0.3, 0.4) is 0 Å². The van der Waals surface area contributed by atoms with Gasteiger partial charge in [-0.2, -0.15) is 0 Å². The van der Waals surface area contributed by atoms with E-state index in [0.717, 1.165) is 0 Å². The van der Waals surface area contributed by atoms with Gasteiger partial charge in [0.15, 0.2) is 0 Å². The minimum absolute atomic E-state index is 0.0878. The van der Waals surface area contributed by atoms with Crippen molar-refractivity contribution in [3.05, 3.63) is 32.4 Å². The minimum atomic E-state index is -1.35. The molecular weight excluding hydrogens is 395 g/mol. The fourth-order valence-electron chi connectivity index (χ4n) is 3.02. The molecule has 0 spiro atoms. The van der Waals surface area contributed by atoms with Gasteiger partial charge in [0.25, 0.3) is 0 Å². The third kappa shape index (κ3) is 2.90. The number of hydrogen-bond donors (Lipinski definition) is 5. The first kappa shape index (κ1) is 18.7. The third-order valence-corrected chi connectivity index (χ3v) is 5.31. The summed E-state index contributed by atoms with van der Waals surface area (Å²) in [7, 11) is 1.32. The van der Waals surface area contributed by atoms with Gasteiger partial charge in [-0.3, -0.25) is 5.41 Å². The molecule has 0 amide bonds. The van der Waals surface area contributed by atoms with Gasteiger partial charge in [-0.25, -0.2) is 0 Å². The fourth-order valence-corrected chi connectivity index (χ4v) is 3.77. The van der Waals surface area contributed by atoms with E-state index in [-0.39, 0.29) is 32.2 Å². The predicted molar refractivity (Wildman–Crippen MR) is 93.9 cm³/mol. The maximum absolute atomic E-state index is 10.4. The van der Waals surface area contributed by atoms with Gasteiger partial charge in [-0.15, -0.1) is 0 Å². The molecule has 1 aromatic carbocycles. The van der Waals surface area contributed by atoms with Crippen molar-refractivity contribution in [3.63, 3.8) is 0 Å². The summed E-state index contributed by atoms with van der Waals surface area (Å²) in [5.74, 6) is -0.220. The van der Waals surface area contributed by atoms with Gasteiger partial charge >= 0.3 is 0 Å². The summed E-state index contributed by atoms with van der Waals surface area (Å²) in [5, 5.41) is 38.5. The second-order valence-corrected chi connectivity index (χ2v) is 6.78. The SMILES string of the molecule is COC(=N)c1c(Cl)[nH]c2cc(Cl)c(Cl)c([C@@H]3O[C@H](CO)[C@@H](O)[C@H]3O)c12. The highest BCUT2D eigenvalue weighted by Gasteiger charge is 2.45. The Morgan fingerprint density at radius 1 is 1.32 bits per heavy atom. The number of aliphatic hydroxyl groups excluding tert-OH is 3. The number of ether oxygens (including phenoxy) is 2. The monoisotopic (exact) mass is 408 g/mol. The van der Waals surface area contributed by atoms with Crippen molar-refractivity contribution in [3.8, 4) is 0 Å². The van der Waals surface area contributed by atoms with Crippen molar-refractivity contribution in [1.29, 1.82) is 5.41 Å². The number of fused-ring (bicyclic) bond motifs is 1. The fraction of sp³-hybridized carbons (Fsp3) is 0.400. The van der Waals surface area contributed by atoms with Crippen molar-refractivity contribution < 1.29 is 24.8 Å². The summed E-state index contributed by atoms with van der Waals surface area (Å²) < 4.78 is 10.6. The van der Waals surface area contributed by atoms with Crippen LogP contribution in [0.4, 0.5) is 0 Å². The number of halogens is 3. The molecular formula is C15H15Cl3N2O5. The molecule has 7 nitrogen and oxygen atoms in total. The molecule has 0 aliphatic carbocycles. The van der Waals surface area contributed by atoms with E-state index in [9.17, 15) is 15.3 Å². The second-order valence-electron chi connectivity index (χ2n) is 5.61. The van der Waals surface area contributed by atoms with Gasteiger partial charge in [-0.05, 0) is 6.07 Å². The van der Waals surface area contributed by atoms with E-state index in [1.165, 1.54) is 13.2 Å². The molecule has 1 fully saturated rings. The van der Waals surface area contributed by atoms with Gasteiger partial charge in [0.2, 0.25) is 5.90 Å². The molecule has 0 radical (unpaired) electrons. The summed E-state index contributed by atoms with van der Waals surface area (Å²) in [5.41, 5.74) is 0.945. The summed E-state index contributed by atoms with van der Waals surface area (Å²) in [6, 6.07) is 1.53. The zero-order chi connectivity index (χ0) is 18.5. The zero-order valence-corrected chi connectivity index (χ0v) is 15.2. The lowest BCUT2D eigenvalue weighted by Gasteiger charge is -2.19. The van der Waals surface area contributed by atoms with Crippen LogP contribution >= 0.6 is 34.8 Å². The van der Waals surface area contributed by atoms with Crippen LogP contribution in [-0.4, -0.2) is 58.2 Å². The lowest BCUT2D eigenvalue weighted by molar-refractivity contribution is -0.0223. The lowest BCUT2D eigenvalue weighted by atomic mass is 9.96. The molecule has 0 unspecified atom stereocenters. The number of methoxy groups -OCH3 is 1. The number of rotatable bonds is 3. The van der Waals surface area contributed by atoms with Crippen LogP contribution in [0.25, 0.3) is 10.9 Å². The Labute approximate surface area is 157 Å². The highest BCUT2D eigenvalue weighted by Crippen LogP contribution is 2.45. The second kappa shape index (κ2) is 6.92. The topological polar surface area (TPSA) is 119 Å². The maximum Gasteiger partial charge on any atom is 0.216 e. The molecule has 5 N–H and O–H groups in total. The molecule has 10 heteroatoms. The highest BCUT2D eigenvalue weighted by molar-refractivity contribution is 6.44. The highest BCUT2D eigenvalue weighted by atomic mass is 35.5. The Hall–Kier alpha value is -1.06. The number of hydrogen-bond acceptors (Lipinski definition) is 6. The Morgan fingerprint density at radius 2 is 2.00 bits per heavy atom. The molecule has 0 saturated carbocycles. The molecule has 3 rings (SSSR count). The molecule has 25 heavy (non-hydrogen) atoms. The summed E-state index contributed by atoms with van der Waals surface area (Å²) >= 11 is 18.7.